The van der Waals surface area contributed by atoms with Crippen LogP contribution >= 0.6 is 22.6 Å². The van der Waals surface area contributed by atoms with Crippen molar-refractivity contribution in [2.75, 3.05) is 0 Å². The van der Waals surface area contributed by atoms with Crippen molar-refractivity contribution in [2.24, 2.45) is 0 Å². The van der Waals surface area contributed by atoms with E-state index >= 15 is 0 Å². The van der Waals surface area contributed by atoms with Crippen LogP contribution in [-0.2, 0) is 31.3 Å². The maximum atomic E-state index is 5.23. The predicted octanol–water partition coefficient (Wildman–Crippen LogP) is 8.51. The zero-order valence-electron chi connectivity index (χ0n) is 23.3. The second-order valence-corrected chi connectivity index (χ2v) is 12.5. The van der Waals surface area contributed by atoms with Crippen LogP contribution < -0.4 is 9.97 Å². The molecule has 5 aromatic rings. The summed E-state index contributed by atoms with van der Waals surface area (Å²) in [6.07, 6.45) is 4.98. The van der Waals surface area contributed by atoms with Gasteiger partial charge in [0.05, 0.1) is 11.4 Å². The van der Waals surface area contributed by atoms with Gasteiger partial charge >= 0.3 is 19.5 Å². The Bertz CT molecular complexity index is 1960. The summed E-state index contributed by atoms with van der Waals surface area (Å²) in [5.41, 5.74) is 12.9. The van der Waals surface area contributed by atoms with Gasteiger partial charge in [0.2, 0.25) is 0 Å². The van der Waals surface area contributed by atoms with E-state index in [4.69, 9.17) is 19.9 Å². The van der Waals surface area contributed by atoms with Gasteiger partial charge in [0.1, 0.15) is 0 Å². The minimum atomic E-state index is -0.0753. The van der Waals surface area contributed by atoms with E-state index in [-0.39, 0.29) is 24.9 Å². The maximum absolute atomic E-state index is 5.23. The normalized spacial score (nSPS) is 13.7. The summed E-state index contributed by atoms with van der Waals surface area (Å²) in [6, 6.07) is 29.9. The Labute approximate surface area is 266 Å². The van der Waals surface area contributed by atoms with Gasteiger partial charge < -0.3 is 9.97 Å². The summed E-state index contributed by atoms with van der Waals surface area (Å²) < 4.78 is 1.20. The van der Waals surface area contributed by atoms with Crippen LogP contribution in [0.2, 0.25) is 0 Å². The minimum absolute atomic E-state index is 0. The zero-order chi connectivity index (χ0) is 27.4. The second-order valence-electron chi connectivity index (χ2n) is 11.2. The molecule has 0 fully saturated rings. The molecule has 2 aromatic carbocycles. The van der Waals surface area contributed by atoms with Crippen LogP contribution in [0, 0.1) is 10.5 Å². The molecule has 7 rings (SSSR count). The van der Waals surface area contributed by atoms with Gasteiger partial charge in [0.25, 0.3) is 0 Å². The van der Waals surface area contributed by atoms with Crippen molar-refractivity contribution in [3.8, 4) is 22.3 Å². The molecule has 0 saturated carbocycles. The number of fused-ring (bicyclic) bond motifs is 8. The Morgan fingerprint density at radius 3 is 2.17 bits per heavy atom. The van der Waals surface area contributed by atoms with E-state index in [1.807, 2.05) is 0 Å². The zero-order valence-corrected chi connectivity index (χ0v) is 28.4. The SMILES string of the molecule is Cc1ccc(-c2c3ccc(cc4nc(cc5nc(cc6[n-]c2cc6-c2ccc(I)cc2)C=C5)CC4(C)C)[n-]3)cc1.[Zn+2]. The number of hydrogen-bond acceptors (Lipinski definition) is 2. The molecule has 6 heteroatoms. The number of hydrogen-bond donors (Lipinski definition) is 0. The van der Waals surface area contributed by atoms with E-state index in [9.17, 15) is 0 Å². The molecular weight excluding hydrogens is 669 g/mol. The van der Waals surface area contributed by atoms with Crippen LogP contribution in [-0.4, -0.2) is 9.97 Å². The first-order valence-corrected chi connectivity index (χ1v) is 14.5. The van der Waals surface area contributed by atoms with Crippen molar-refractivity contribution >= 4 is 56.8 Å². The first-order chi connectivity index (χ1) is 19.3. The number of aryl methyl sites for hydroxylation is 1. The van der Waals surface area contributed by atoms with Crippen molar-refractivity contribution in [3.63, 3.8) is 0 Å². The van der Waals surface area contributed by atoms with E-state index in [1.165, 1.54) is 9.13 Å². The fraction of sp³-hybridized carbons (Fsp3) is 0.143. The van der Waals surface area contributed by atoms with E-state index in [0.29, 0.717) is 0 Å². The third kappa shape index (κ3) is 5.48. The Morgan fingerprint density at radius 1 is 0.707 bits per heavy atom. The molecule has 0 atom stereocenters. The van der Waals surface area contributed by atoms with Gasteiger partial charge in [-0.1, -0.05) is 86.1 Å². The van der Waals surface area contributed by atoms with Crippen LogP contribution in [0.25, 0.3) is 56.5 Å². The number of halogens is 1. The Balaban J connectivity index is 0.00000302. The van der Waals surface area contributed by atoms with Crippen molar-refractivity contribution in [2.45, 2.75) is 32.6 Å². The van der Waals surface area contributed by atoms with Crippen molar-refractivity contribution in [3.05, 3.63) is 117 Å². The van der Waals surface area contributed by atoms with Gasteiger partial charge in [0.15, 0.2) is 0 Å². The molecule has 0 N–H and O–H groups in total. The summed E-state index contributed by atoms with van der Waals surface area (Å²) >= 11 is 2.34. The van der Waals surface area contributed by atoms with E-state index in [2.05, 4.69) is 140 Å². The molecule has 0 spiro atoms. The average molecular weight is 696 g/mol. The Kier molecular flexibility index (Phi) is 7.33. The van der Waals surface area contributed by atoms with Crippen LogP contribution in [0.3, 0.4) is 0 Å². The quantitative estimate of drug-likeness (QED) is 0.135. The largest absolute Gasteiger partial charge is 2.00 e. The molecule has 196 valence electrons. The number of nitrogens with zero attached hydrogens (tertiary/aromatic N) is 4. The monoisotopic (exact) mass is 694 g/mol. The van der Waals surface area contributed by atoms with Gasteiger partial charge in [-0.2, -0.15) is 0 Å². The number of benzene rings is 2. The molecule has 2 aliphatic rings. The predicted molar refractivity (Wildman–Crippen MR) is 173 cm³/mol. The van der Waals surface area contributed by atoms with Crippen LogP contribution in [0.1, 0.15) is 42.2 Å². The Hall–Kier alpha value is -3.35. The first-order valence-electron chi connectivity index (χ1n) is 13.5. The molecule has 8 bridgehead atoms. The van der Waals surface area contributed by atoms with Crippen molar-refractivity contribution in [1.82, 2.24) is 19.9 Å². The van der Waals surface area contributed by atoms with E-state index in [1.54, 1.807) is 0 Å². The fourth-order valence-corrected chi connectivity index (χ4v) is 5.84. The average Bonchev–Trinajstić information content (AvgIpc) is 3.70. The van der Waals surface area contributed by atoms with Crippen molar-refractivity contribution in [1.29, 1.82) is 0 Å². The van der Waals surface area contributed by atoms with Gasteiger partial charge in [-0.3, -0.25) is 4.98 Å². The Morgan fingerprint density at radius 2 is 1.41 bits per heavy atom. The molecule has 0 saturated heterocycles. The number of aromatic nitrogens is 4. The molecule has 0 radical (unpaired) electrons. The first kappa shape index (κ1) is 27.8. The van der Waals surface area contributed by atoms with Gasteiger partial charge in [-0.15, -0.1) is 22.1 Å². The van der Waals surface area contributed by atoms with Crippen LogP contribution in [0.5, 0.6) is 0 Å². The minimum Gasteiger partial charge on any atom is -0.657 e. The summed E-state index contributed by atoms with van der Waals surface area (Å²) in [5, 5.41) is 0. The van der Waals surface area contributed by atoms with Crippen molar-refractivity contribution < 1.29 is 19.5 Å². The summed E-state index contributed by atoms with van der Waals surface area (Å²) in [7, 11) is 0. The number of rotatable bonds is 2. The van der Waals surface area contributed by atoms with E-state index in [0.717, 1.165) is 73.5 Å². The standard InChI is InChI=1S/C35H27IN4.Zn/c1-21-4-6-23(7-5-21)34-30-15-14-27(38-30)18-33-35(2,3)20-28(39-33)16-25-12-13-26(37-25)17-31-29(19-32(34)40-31)22-8-10-24(36)11-9-22;/h4-19H,20H2,1-3H3;/q-2;+2. The van der Waals surface area contributed by atoms with Gasteiger partial charge in [0, 0.05) is 26.8 Å². The summed E-state index contributed by atoms with van der Waals surface area (Å²) in [6.45, 7) is 6.59. The third-order valence-electron chi connectivity index (χ3n) is 7.61. The molecule has 5 heterocycles. The summed E-state index contributed by atoms with van der Waals surface area (Å²) in [4.78, 5) is 20.3. The van der Waals surface area contributed by atoms with E-state index < -0.39 is 0 Å². The molecule has 3 aromatic heterocycles. The molecule has 2 aliphatic heterocycles. The van der Waals surface area contributed by atoms with Crippen LogP contribution in [0.15, 0.2) is 84.9 Å². The molecule has 4 nitrogen and oxygen atoms in total. The fourth-order valence-electron chi connectivity index (χ4n) is 5.48. The maximum Gasteiger partial charge on any atom is 2.00 e. The summed E-state index contributed by atoms with van der Waals surface area (Å²) in [5.74, 6) is 0. The van der Waals surface area contributed by atoms with Gasteiger partial charge in [-0.25, -0.2) is 4.98 Å². The molecule has 41 heavy (non-hydrogen) atoms. The molecule has 0 aliphatic carbocycles. The second kappa shape index (κ2) is 10.8. The van der Waals surface area contributed by atoms with Gasteiger partial charge in [-0.05, 0) is 82.1 Å². The molecule has 0 amide bonds. The topological polar surface area (TPSA) is 54.0 Å². The smallest absolute Gasteiger partial charge is 0.657 e. The van der Waals surface area contributed by atoms with Crippen LogP contribution in [0.4, 0.5) is 0 Å². The molecule has 0 unspecified atom stereocenters. The third-order valence-corrected chi connectivity index (χ3v) is 8.33. The molecular formula is C35H27IN4Zn.